The minimum Gasteiger partial charge on any atom is -0.444 e. The number of ether oxygens (including phenoxy) is 1. The molecule has 2 N–H and O–H groups in total. The highest BCUT2D eigenvalue weighted by Crippen LogP contribution is 2.10. The van der Waals surface area contributed by atoms with Crippen molar-refractivity contribution >= 4 is 17.7 Å². The fraction of sp³-hybridized carbons (Fsp3) is 0.562. The molecule has 1 aromatic rings. The standard InChI is InChI=1S/C16H25ClN2O2/c1-5-14(11-19-15(20)21-16(2,3)4)18-10-12-7-6-8-13(17)9-12/h6-9,14,18H,5,10-11H2,1-4H3,(H,19,20). The van der Waals surface area contributed by atoms with Gasteiger partial charge in [-0.2, -0.15) is 0 Å². The third-order valence-electron chi connectivity index (χ3n) is 2.87. The lowest BCUT2D eigenvalue weighted by Gasteiger charge is -2.22. The molecule has 0 aliphatic carbocycles. The number of nitrogens with one attached hydrogen (secondary N) is 2. The summed E-state index contributed by atoms with van der Waals surface area (Å²) in [5.74, 6) is 0. The van der Waals surface area contributed by atoms with E-state index in [0.29, 0.717) is 6.54 Å². The van der Waals surface area contributed by atoms with E-state index < -0.39 is 5.60 Å². The van der Waals surface area contributed by atoms with Crippen molar-refractivity contribution in [3.63, 3.8) is 0 Å². The van der Waals surface area contributed by atoms with Crippen molar-refractivity contribution in [3.8, 4) is 0 Å². The predicted octanol–water partition coefficient (Wildman–Crippen LogP) is 3.73. The van der Waals surface area contributed by atoms with E-state index in [4.69, 9.17) is 16.3 Å². The zero-order valence-corrected chi connectivity index (χ0v) is 14.0. The average Bonchev–Trinajstić information content (AvgIpc) is 2.37. The number of halogens is 1. The molecular weight excluding hydrogens is 288 g/mol. The number of alkyl carbamates (subject to hydrolysis) is 1. The molecule has 0 bridgehead atoms. The summed E-state index contributed by atoms with van der Waals surface area (Å²) in [7, 11) is 0. The number of benzene rings is 1. The van der Waals surface area contributed by atoms with Crippen LogP contribution in [0.5, 0.6) is 0 Å². The molecule has 1 unspecified atom stereocenters. The molecule has 0 spiro atoms. The third kappa shape index (κ3) is 7.93. The summed E-state index contributed by atoms with van der Waals surface area (Å²) in [6, 6.07) is 7.93. The zero-order valence-electron chi connectivity index (χ0n) is 13.2. The van der Waals surface area contributed by atoms with Crippen LogP contribution >= 0.6 is 11.6 Å². The van der Waals surface area contributed by atoms with E-state index in [2.05, 4.69) is 17.6 Å². The largest absolute Gasteiger partial charge is 0.444 e. The number of hydrogen-bond donors (Lipinski definition) is 2. The van der Waals surface area contributed by atoms with Gasteiger partial charge < -0.3 is 15.4 Å². The molecule has 1 atom stereocenters. The van der Waals surface area contributed by atoms with Gasteiger partial charge in [0.1, 0.15) is 5.60 Å². The highest BCUT2D eigenvalue weighted by molar-refractivity contribution is 6.30. The van der Waals surface area contributed by atoms with Gasteiger partial charge in [-0.15, -0.1) is 0 Å². The molecule has 0 aliphatic heterocycles. The predicted molar refractivity (Wildman–Crippen MR) is 86.6 cm³/mol. The Morgan fingerprint density at radius 3 is 2.67 bits per heavy atom. The zero-order chi connectivity index (χ0) is 15.9. The molecule has 0 radical (unpaired) electrons. The maximum atomic E-state index is 11.6. The molecule has 4 nitrogen and oxygen atoms in total. The monoisotopic (exact) mass is 312 g/mol. The third-order valence-corrected chi connectivity index (χ3v) is 3.10. The molecular formula is C16H25ClN2O2. The molecule has 0 aromatic heterocycles. The van der Waals surface area contributed by atoms with Crippen molar-refractivity contribution in [3.05, 3.63) is 34.9 Å². The van der Waals surface area contributed by atoms with Gasteiger partial charge in [-0.25, -0.2) is 4.79 Å². The number of carbonyl (C=O) groups excluding carboxylic acids is 1. The Morgan fingerprint density at radius 1 is 1.38 bits per heavy atom. The van der Waals surface area contributed by atoms with Crippen LogP contribution in [0.25, 0.3) is 0 Å². The minimum atomic E-state index is -0.472. The summed E-state index contributed by atoms with van der Waals surface area (Å²) in [6.07, 6.45) is 0.529. The first kappa shape index (κ1) is 17.8. The molecule has 0 saturated carbocycles. The van der Waals surface area contributed by atoms with Crippen molar-refractivity contribution in [2.75, 3.05) is 6.54 Å². The quantitative estimate of drug-likeness (QED) is 0.841. The Kier molecular flexibility index (Phi) is 6.99. The lowest BCUT2D eigenvalue weighted by Crippen LogP contribution is -2.42. The lowest BCUT2D eigenvalue weighted by molar-refractivity contribution is 0.0522. The first-order valence-corrected chi connectivity index (χ1v) is 7.62. The van der Waals surface area contributed by atoms with E-state index >= 15 is 0 Å². The average molecular weight is 313 g/mol. The van der Waals surface area contributed by atoms with Crippen LogP contribution in [0, 0.1) is 0 Å². The molecule has 1 rings (SSSR count). The van der Waals surface area contributed by atoms with E-state index in [1.807, 2.05) is 45.0 Å². The van der Waals surface area contributed by atoms with Crippen LogP contribution in [-0.4, -0.2) is 24.3 Å². The van der Waals surface area contributed by atoms with E-state index in [-0.39, 0.29) is 12.1 Å². The molecule has 118 valence electrons. The van der Waals surface area contributed by atoms with Crippen LogP contribution in [0.2, 0.25) is 5.02 Å². The summed E-state index contributed by atoms with van der Waals surface area (Å²) in [5, 5.41) is 6.92. The van der Waals surface area contributed by atoms with Crippen molar-refractivity contribution in [1.82, 2.24) is 10.6 Å². The maximum absolute atomic E-state index is 11.6. The van der Waals surface area contributed by atoms with E-state index in [1.54, 1.807) is 0 Å². The van der Waals surface area contributed by atoms with Gasteiger partial charge in [0, 0.05) is 24.2 Å². The topological polar surface area (TPSA) is 50.4 Å². The van der Waals surface area contributed by atoms with E-state index in [9.17, 15) is 4.79 Å². The van der Waals surface area contributed by atoms with E-state index in [1.165, 1.54) is 0 Å². The Hall–Kier alpha value is -1.26. The molecule has 0 heterocycles. The van der Waals surface area contributed by atoms with Crippen LogP contribution in [-0.2, 0) is 11.3 Å². The minimum absolute atomic E-state index is 0.191. The highest BCUT2D eigenvalue weighted by Gasteiger charge is 2.16. The second-order valence-electron chi connectivity index (χ2n) is 6.00. The molecule has 0 saturated heterocycles. The summed E-state index contributed by atoms with van der Waals surface area (Å²) in [4.78, 5) is 11.6. The summed E-state index contributed by atoms with van der Waals surface area (Å²) in [5.41, 5.74) is 0.651. The van der Waals surface area contributed by atoms with Gasteiger partial charge >= 0.3 is 6.09 Å². The molecule has 1 amide bonds. The summed E-state index contributed by atoms with van der Waals surface area (Å²) in [6.45, 7) is 8.87. The van der Waals surface area contributed by atoms with Crippen LogP contribution in [0.3, 0.4) is 0 Å². The number of amides is 1. The van der Waals surface area contributed by atoms with Gasteiger partial charge in [-0.1, -0.05) is 30.7 Å². The maximum Gasteiger partial charge on any atom is 0.407 e. The first-order chi connectivity index (χ1) is 9.80. The molecule has 0 fully saturated rings. The number of rotatable bonds is 6. The second kappa shape index (κ2) is 8.25. The molecule has 0 aliphatic rings. The molecule has 1 aromatic carbocycles. The highest BCUT2D eigenvalue weighted by atomic mass is 35.5. The van der Waals surface area contributed by atoms with Crippen LogP contribution in [0.4, 0.5) is 4.79 Å². The van der Waals surface area contributed by atoms with Gasteiger partial charge in [-0.05, 0) is 44.9 Å². The van der Waals surface area contributed by atoms with Crippen LogP contribution in [0.15, 0.2) is 24.3 Å². The Morgan fingerprint density at radius 2 is 2.10 bits per heavy atom. The van der Waals surface area contributed by atoms with Gasteiger partial charge in [0.05, 0.1) is 0 Å². The number of hydrogen-bond acceptors (Lipinski definition) is 3. The fourth-order valence-corrected chi connectivity index (χ4v) is 2.00. The lowest BCUT2D eigenvalue weighted by atomic mass is 10.2. The Bertz CT molecular complexity index is 458. The SMILES string of the molecule is CCC(CNC(=O)OC(C)(C)C)NCc1cccc(Cl)c1. The normalized spacial score (nSPS) is 12.8. The Balaban J connectivity index is 2.36. The second-order valence-corrected chi connectivity index (χ2v) is 6.44. The fourth-order valence-electron chi connectivity index (χ4n) is 1.79. The van der Waals surface area contributed by atoms with Crippen molar-refractivity contribution in [2.24, 2.45) is 0 Å². The van der Waals surface area contributed by atoms with E-state index in [0.717, 1.165) is 23.6 Å². The smallest absolute Gasteiger partial charge is 0.407 e. The Labute approximate surface area is 132 Å². The first-order valence-electron chi connectivity index (χ1n) is 7.25. The molecule has 5 heteroatoms. The van der Waals surface area contributed by atoms with Crippen LogP contribution in [0.1, 0.15) is 39.7 Å². The van der Waals surface area contributed by atoms with Gasteiger partial charge in [0.25, 0.3) is 0 Å². The van der Waals surface area contributed by atoms with Gasteiger partial charge in [0.15, 0.2) is 0 Å². The van der Waals surface area contributed by atoms with Crippen molar-refractivity contribution < 1.29 is 9.53 Å². The molecule has 21 heavy (non-hydrogen) atoms. The van der Waals surface area contributed by atoms with Crippen molar-refractivity contribution in [2.45, 2.75) is 52.3 Å². The summed E-state index contributed by atoms with van der Waals surface area (Å²) < 4.78 is 5.22. The van der Waals surface area contributed by atoms with Crippen LogP contribution < -0.4 is 10.6 Å². The van der Waals surface area contributed by atoms with Gasteiger partial charge in [0.2, 0.25) is 0 Å². The van der Waals surface area contributed by atoms with Crippen molar-refractivity contribution in [1.29, 1.82) is 0 Å². The summed E-state index contributed by atoms with van der Waals surface area (Å²) >= 11 is 5.96. The van der Waals surface area contributed by atoms with Gasteiger partial charge in [-0.3, -0.25) is 0 Å². The number of carbonyl (C=O) groups is 1.